The van der Waals surface area contributed by atoms with Crippen molar-refractivity contribution in [3.63, 3.8) is 0 Å². The van der Waals surface area contributed by atoms with Crippen LogP contribution in [-0.4, -0.2) is 10.4 Å². The Balaban J connectivity index is 1.06. The summed E-state index contributed by atoms with van der Waals surface area (Å²) >= 11 is 0. The van der Waals surface area contributed by atoms with E-state index in [1.54, 1.807) is 0 Å². The second kappa shape index (κ2) is 13.7. The van der Waals surface area contributed by atoms with Crippen molar-refractivity contribution in [1.29, 1.82) is 0 Å². The van der Waals surface area contributed by atoms with E-state index in [0.717, 1.165) is 50.2 Å². The Labute approximate surface area is 368 Å². The minimum absolute atomic E-state index is 0.104. The molecule has 0 fully saturated rings. The number of aryl methyl sites for hydroxylation is 2. The zero-order valence-corrected chi connectivity index (χ0v) is 35.9. The van der Waals surface area contributed by atoms with E-state index >= 15 is 0 Å². The monoisotopic (exact) mass is 807 g/mol. The summed E-state index contributed by atoms with van der Waals surface area (Å²) in [6.07, 6.45) is 0. The molecule has 9 aromatic carbocycles. The van der Waals surface area contributed by atoms with Gasteiger partial charge in [-0.1, -0.05) is 171 Å². The van der Waals surface area contributed by atoms with Gasteiger partial charge in [0.05, 0.1) is 16.4 Å². The Morgan fingerprint density at radius 1 is 0.381 bits per heavy atom. The van der Waals surface area contributed by atoms with Crippen LogP contribution in [0.5, 0.6) is 0 Å². The molecule has 0 amide bonds. The normalized spacial score (nSPS) is 14.3. The van der Waals surface area contributed by atoms with Gasteiger partial charge in [-0.3, -0.25) is 4.79 Å². The molecule has 0 N–H and O–H groups in total. The molecule has 0 saturated carbocycles. The molecule has 0 unspecified atom stereocenters. The fraction of sp³-hybridized carbons (Fsp3) is 0.0984. The molecule has 0 aliphatic heterocycles. The van der Waals surface area contributed by atoms with E-state index < -0.39 is 5.41 Å². The summed E-state index contributed by atoms with van der Waals surface area (Å²) in [4.78, 5) is 13.7. The second-order valence-electron chi connectivity index (χ2n) is 18.2. The molecular weight excluding hydrogens is 763 g/mol. The Bertz CT molecular complexity index is 3410. The third-order valence-corrected chi connectivity index (χ3v) is 14.2. The minimum atomic E-state index is -0.521. The number of nitrogens with zero attached hydrogens (tertiary/aromatic N) is 1. The van der Waals surface area contributed by atoms with Crippen LogP contribution in [0.1, 0.15) is 74.3 Å². The highest BCUT2D eigenvalue weighted by Gasteiger charge is 2.46. The van der Waals surface area contributed by atoms with Gasteiger partial charge in [0.2, 0.25) is 0 Å². The van der Waals surface area contributed by atoms with Gasteiger partial charge in [0, 0.05) is 33.0 Å². The van der Waals surface area contributed by atoms with Crippen molar-refractivity contribution in [2.45, 2.75) is 38.5 Å². The Morgan fingerprint density at radius 2 is 0.905 bits per heavy atom. The largest absolute Gasteiger partial charge is 0.309 e. The first kappa shape index (κ1) is 37.2. The highest BCUT2D eigenvalue weighted by atomic mass is 16.1. The van der Waals surface area contributed by atoms with E-state index in [0.29, 0.717) is 0 Å². The Hall–Kier alpha value is -7.55. The number of fused-ring (bicyclic) bond motifs is 8. The number of carbonyl (C=O) groups is 1. The molecule has 63 heavy (non-hydrogen) atoms. The Morgan fingerprint density at radius 3 is 1.56 bits per heavy atom. The molecule has 2 heteroatoms. The van der Waals surface area contributed by atoms with E-state index in [1.807, 2.05) is 24.3 Å². The molecule has 1 heterocycles. The molecule has 2 aliphatic rings. The van der Waals surface area contributed by atoms with Gasteiger partial charge in [0.25, 0.3) is 0 Å². The lowest BCUT2D eigenvalue weighted by atomic mass is 9.67. The van der Waals surface area contributed by atoms with E-state index in [1.165, 1.54) is 66.3 Å². The third kappa shape index (κ3) is 5.41. The lowest BCUT2D eigenvalue weighted by Gasteiger charge is -2.34. The van der Waals surface area contributed by atoms with Crippen LogP contribution in [0.3, 0.4) is 0 Å². The molecule has 2 aliphatic carbocycles. The summed E-state index contributed by atoms with van der Waals surface area (Å²) in [5, 5.41) is 2.55. The van der Waals surface area contributed by atoms with Gasteiger partial charge in [-0.05, 0) is 135 Å². The SMILES string of the molecule is Cc1ccc2c(c1)c1cc(C)ccc1n2-c1ccc2c(c1)-c1cc(-c3cccc(-c4ccc5c(c4)C(C)(C)c4ccccc4C5=O)c3)ccc1C2(c1ccccc1)c1ccccc1. The van der Waals surface area contributed by atoms with E-state index in [-0.39, 0.29) is 11.2 Å². The lowest BCUT2D eigenvalue weighted by molar-refractivity contribution is 0.103. The molecule has 0 bridgehead atoms. The van der Waals surface area contributed by atoms with Gasteiger partial charge in [-0.25, -0.2) is 0 Å². The maximum absolute atomic E-state index is 13.7. The molecule has 1 aromatic heterocycles. The molecule has 0 saturated heterocycles. The summed E-state index contributed by atoms with van der Waals surface area (Å²) in [6.45, 7) is 8.83. The van der Waals surface area contributed by atoms with Crippen molar-refractivity contribution in [1.82, 2.24) is 4.57 Å². The first-order valence-corrected chi connectivity index (χ1v) is 22.0. The van der Waals surface area contributed by atoms with Gasteiger partial charge < -0.3 is 4.57 Å². The first-order chi connectivity index (χ1) is 30.7. The number of ketones is 1. The fourth-order valence-corrected chi connectivity index (χ4v) is 11.2. The molecule has 300 valence electrons. The standard InChI is InChI=1S/C61H45NO/c1-38-22-30-57-51(32-38)52-33-39(2)23-31-58(52)62(57)46-26-29-55-50(37-46)49-35-42(25-28-54(49)61(55,44-16-7-5-8-17-44)45-18-9-6-10-19-45)40-14-13-15-41(34-40)43-24-27-48-56(36-43)60(3,4)53-21-12-11-20-47(53)59(48)63/h5-37H,1-4H3. The predicted octanol–water partition coefficient (Wildman–Crippen LogP) is 15.0. The third-order valence-electron chi connectivity index (χ3n) is 14.2. The van der Waals surface area contributed by atoms with Crippen LogP contribution in [0.2, 0.25) is 0 Å². The summed E-state index contributed by atoms with van der Waals surface area (Å²) in [7, 11) is 0. The number of rotatable bonds is 5. The van der Waals surface area contributed by atoms with Crippen LogP contribution in [0.15, 0.2) is 200 Å². The first-order valence-electron chi connectivity index (χ1n) is 22.0. The van der Waals surface area contributed by atoms with Gasteiger partial charge in [-0.15, -0.1) is 0 Å². The topological polar surface area (TPSA) is 22.0 Å². The van der Waals surface area contributed by atoms with E-state index in [2.05, 4.69) is 208 Å². The van der Waals surface area contributed by atoms with Crippen LogP contribution in [0.4, 0.5) is 0 Å². The molecule has 10 aromatic rings. The summed E-state index contributed by atoms with van der Waals surface area (Å²) in [6, 6.07) is 73.4. The van der Waals surface area contributed by atoms with Crippen LogP contribution in [0, 0.1) is 13.8 Å². The van der Waals surface area contributed by atoms with Crippen LogP contribution in [-0.2, 0) is 10.8 Å². The molecular formula is C61H45NO. The minimum Gasteiger partial charge on any atom is -0.309 e. The predicted molar refractivity (Wildman–Crippen MR) is 260 cm³/mol. The highest BCUT2D eigenvalue weighted by Crippen LogP contribution is 2.57. The molecule has 0 atom stereocenters. The van der Waals surface area contributed by atoms with Crippen LogP contribution >= 0.6 is 0 Å². The maximum atomic E-state index is 13.7. The lowest BCUT2D eigenvalue weighted by Crippen LogP contribution is -2.30. The fourth-order valence-electron chi connectivity index (χ4n) is 11.2. The second-order valence-corrected chi connectivity index (χ2v) is 18.2. The molecule has 2 nitrogen and oxygen atoms in total. The van der Waals surface area contributed by atoms with Gasteiger partial charge in [0.15, 0.2) is 5.78 Å². The zero-order valence-electron chi connectivity index (χ0n) is 35.9. The van der Waals surface area contributed by atoms with Crippen molar-refractivity contribution in [3.05, 3.63) is 256 Å². The number of benzene rings is 9. The van der Waals surface area contributed by atoms with Gasteiger partial charge >= 0.3 is 0 Å². The summed E-state index contributed by atoms with van der Waals surface area (Å²) in [5.74, 6) is 0.104. The molecule has 0 radical (unpaired) electrons. The molecule has 12 rings (SSSR count). The number of aromatic nitrogens is 1. The van der Waals surface area contributed by atoms with E-state index in [9.17, 15) is 4.79 Å². The average Bonchev–Trinajstić information content (AvgIpc) is 3.80. The summed E-state index contributed by atoms with van der Waals surface area (Å²) < 4.78 is 2.45. The van der Waals surface area contributed by atoms with Crippen molar-refractivity contribution >= 4 is 27.6 Å². The molecule has 0 spiro atoms. The van der Waals surface area contributed by atoms with Crippen LogP contribution < -0.4 is 0 Å². The van der Waals surface area contributed by atoms with Crippen LogP contribution in [0.25, 0.3) is 60.9 Å². The van der Waals surface area contributed by atoms with Crippen molar-refractivity contribution in [3.8, 4) is 39.1 Å². The van der Waals surface area contributed by atoms with Crippen molar-refractivity contribution < 1.29 is 4.79 Å². The number of hydrogen-bond donors (Lipinski definition) is 0. The highest BCUT2D eigenvalue weighted by molar-refractivity contribution is 6.13. The number of carbonyl (C=O) groups excluding carboxylic acids is 1. The van der Waals surface area contributed by atoms with Crippen molar-refractivity contribution in [2.24, 2.45) is 0 Å². The average molecular weight is 808 g/mol. The van der Waals surface area contributed by atoms with Crippen molar-refractivity contribution in [2.75, 3.05) is 0 Å². The number of hydrogen-bond acceptors (Lipinski definition) is 1. The summed E-state index contributed by atoms with van der Waals surface area (Å²) in [5.41, 5.74) is 21.1. The smallest absolute Gasteiger partial charge is 0.193 e. The van der Waals surface area contributed by atoms with Gasteiger partial charge in [0.1, 0.15) is 0 Å². The van der Waals surface area contributed by atoms with Gasteiger partial charge in [-0.2, -0.15) is 0 Å². The zero-order chi connectivity index (χ0) is 42.6. The van der Waals surface area contributed by atoms with E-state index in [4.69, 9.17) is 0 Å². The Kier molecular flexibility index (Phi) is 8.11. The quantitative estimate of drug-likeness (QED) is 0.170. The maximum Gasteiger partial charge on any atom is 0.193 e.